The first kappa shape index (κ1) is 19.6. The van der Waals surface area contributed by atoms with Crippen LogP contribution in [0.4, 0.5) is 0 Å². The molecule has 0 heterocycles. The second-order valence-electron chi connectivity index (χ2n) is 7.64. The summed E-state index contributed by atoms with van der Waals surface area (Å²) in [5, 5.41) is 0.0619. The normalized spacial score (nSPS) is 17.5. The monoisotopic (exact) mass is 320 g/mol. The zero-order valence-electron chi connectivity index (χ0n) is 14.9. The van der Waals surface area contributed by atoms with E-state index in [0.29, 0.717) is 0 Å². The quantitative estimate of drug-likeness (QED) is 0.636. The summed E-state index contributed by atoms with van der Waals surface area (Å²) in [5.41, 5.74) is 0. The van der Waals surface area contributed by atoms with Gasteiger partial charge >= 0.3 is 0 Å². The fraction of sp³-hybridized carbons (Fsp3) is 1.00. The molecule has 0 bridgehead atoms. The van der Waals surface area contributed by atoms with Crippen LogP contribution < -0.4 is 0 Å². The highest BCUT2D eigenvalue weighted by molar-refractivity contribution is 6.77. The van der Waals surface area contributed by atoms with Gasteiger partial charge in [0.05, 0.1) is 5.22 Å². The van der Waals surface area contributed by atoms with Gasteiger partial charge in [-0.25, -0.2) is 0 Å². The van der Waals surface area contributed by atoms with Crippen molar-refractivity contribution in [2.75, 3.05) is 0 Å². The molecule has 0 spiro atoms. The summed E-state index contributed by atoms with van der Waals surface area (Å²) in [7, 11) is -2.39. The Hall–Kier alpha value is 0.571. The number of hydrogen-bond acceptors (Lipinski definition) is 2. The van der Waals surface area contributed by atoms with Crippen molar-refractivity contribution in [3.05, 3.63) is 0 Å². The Morgan fingerprint density at radius 2 is 1.26 bits per heavy atom. The van der Waals surface area contributed by atoms with E-state index >= 15 is 0 Å². The molecule has 19 heavy (non-hydrogen) atoms. The minimum absolute atomic E-state index is 0.0295. The van der Waals surface area contributed by atoms with Gasteiger partial charge in [0.1, 0.15) is 0 Å². The van der Waals surface area contributed by atoms with Crippen LogP contribution >= 0.6 is 0 Å². The molecule has 0 aromatic heterocycles. The molecule has 0 fully saturated rings. The van der Waals surface area contributed by atoms with Crippen molar-refractivity contribution < 1.29 is 8.85 Å². The maximum atomic E-state index is 6.67. The highest BCUT2D eigenvalue weighted by Crippen LogP contribution is 2.37. The van der Waals surface area contributed by atoms with E-state index in [9.17, 15) is 0 Å². The Kier molecular flexibility index (Phi) is 6.75. The summed E-state index contributed by atoms with van der Waals surface area (Å²) in [6.45, 7) is 20.6. The second-order valence-corrected chi connectivity index (χ2v) is 18.3. The summed E-state index contributed by atoms with van der Waals surface area (Å²) in [6, 6.07) is 0. The standard InChI is InChI=1S/C14H36O2Si3/c1-10-13(4,17)15-19(8,9)14(11-2,12-3)16-18(5,6)7/h10-12H2,1-9,17H3/t13-/m1/s1. The van der Waals surface area contributed by atoms with E-state index in [1.54, 1.807) is 0 Å². The van der Waals surface area contributed by atoms with Crippen LogP contribution in [0.15, 0.2) is 0 Å². The fourth-order valence-electron chi connectivity index (χ4n) is 2.81. The van der Waals surface area contributed by atoms with E-state index < -0.39 is 16.6 Å². The Morgan fingerprint density at radius 3 is 1.53 bits per heavy atom. The number of hydrogen-bond donors (Lipinski definition) is 0. The van der Waals surface area contributed by atoms with Gasteiger partial charge in [-0.15, -0.1) is 0 Å². The summed E-state index contributed by atoms with van der Waals surface area (Å²) in [6.07, 6.45) is 3.23. The zero-order chi connectivity index (χ0) is 15.5. The van der Waals surface area contributed by atoms with E-state index in [-0.39, 0.29) is 10.4 Å². The van der Waals surface area contributed by atoms with Crippen molar-refractivity contribution in [2.45, 2.75) is 90.1 Å². The van der Waals surface area contributed by atoms with E-state index in [0.717, 1.165) is 29.5 Å². The predicted octanol–water partition coefficient (Wildman–Crippen LogP) is 3.65. The molecule has 0 saturated carbocycles. The van der Waals surface area contributed by atoms with Crippen LogP contribution in [0.25, 0.3) is 0 Å². The smallest absolute Gasteiger partial charge is 0.216 e. The predicted molar refractivity (Wildman–Crippen MR) is 94.9 cm³/mol. The van der Waals surface area contributed by atoms with Gasteiger partial charge in [0.2, 0.25) is 8.32 Å². The van der Waals surface area contributed by atoms with Crippen LogP contribution in [0.3, 0.4) is 0 Å². The van der Waals surface area contributed by atoms with Gasteiger partial charge in [-0.05, 0) is 58.9 Å². The molecule has 0 aromatic rings. The highest BCUT2D eigenvalue weighted by Gasteiger charge is 2.51. The molecule has 0 radical (unpaired) electrons. The van der Waals surface area contributed by atoms with Gasteiger partial charge < -0.3 is 8.85 Å². The van der Waals surface area contributed by atoms with Gasteiger partial charge in [-0.1, -0.05) is 20.8 Å². The largest absolute Gasteiger partial charge is 0.413 e. The van der Waals surface area contributed by atoms with E-state index in [1.165, 1.54) is 0 Å². The Balaban J connectivity index is 5.36. The lowest BCUT2D eigenvalue weighted by molar-refractivity contribution is 0.0672. The minimum Gasteiger partial charge on any atom is -0.413 e. The third kappa shape index (κ3) is 5.46. The number of rotatable bonds is 8. The van der Waals surface area contributed by atoms with E-state index in [2.05, 4.69) is 60.4 Å². The molecule has 0 amide bonds. The minimum atomic E-state index is -1.90. The zero-order valence-corrected chi connectivity index (χ0v) is 18.9. The molecule has 1 atom stereocenters. The topological polar surface area (TPSA) is 18.5 Å². The average molecular weight is 321 g/mol. The second kappa shape index (κ2) is 6.56. The van der Waals surface area contributed by atoms with E-state index in [1.807, 2.05) is 0 Å². The molecule has 116 valence electrons. The molecular formula is C14H36O2Si3. The molecular weight excluding hydrogens is 284 g/mol. The maximum absolute atomic E-state index is 6.67. The average Bonchev–Trinajstić information content (AvgIpc) is 2.23. The molecule has 0 rings (SSSR count). The van der Waals surface area contributed by atoms with Crippen LogP contribution in [0.1, 0.15) is 47.0 Å². The molecule has 0 aliphatic heterocycles. The van der Waals surface area contributed by atoms with Crippen molar-refractivity contribution >= 4 is 26.9 Å². The van der Waals surface area contributed by atoms with E-state index in [4.69, 9.17) is 8.85 Å². The van der Waals surface area contributed by atoms with Gasteiger partial charge in [-0.3, -0.25) is 0 Å². The lowest BCUT2D eigenvalue weighted by Crippen LogP contribution is -2.63. The summed E-state index contributed by atoms with van der Waals surface area (Å²) in [5.74, 6) is 0. The third-order valence-electron chi connectivity index (χ3n) is 4.12. The Labute approximate surface area is 126 Å². The molecule has 5 heteroatoms. The first-order chi connectivity index (χ1) is 8.35. The first-order valence-corrected chi connectivity index (χ1v) is 15.1. The molecule has 0 aliphatic carbocycles. The first-order valence-electron chi connectivity index (χ1n) is 7.75. The molecule has 2 nitrogen and oxygen atoms in total. The van der Waals surface area contributed by atoms with Crippen LogP contribution in [0, 0.1) is 0 Å². The van der Waals surface area contributed by atoms with Crippen molar-refractivity contribution in [3.8, 4) is 0 Å². The fourth-order valence-corrected chi connectivity index (χ4v) is 11.1. The summed E-state index contributed by atoms with van der Waals surface area (Å²) < 4.78 is 13.3. The molecule has 0 saturated heterocycles. The lowest BCUT2D eigenvalue weighted by atomic mass is 10.2. The Morgan fingerprint density at radius 1 is 0.842 bits per heavy atom. The van der Waals surface area contributed by atoms with Gasteiger partial charge in [0.25, 0.3) is 0 Å². The summed E-state index contributed by atoms with van der Waals surface area (Å²) >= 11 is 0. The molecule has 0 aliphatic rings. The van der Waals surface area contributed by atoms with Gasteiger partial charge in [-0.2, -0.15) is 0 Å². The van der Waals surface area contributed by atoms with Gasteiger partial charge in [0.15, 0.2) is 8.32 Å². The van der Waals surface area contributed by atoms with Crippen molar-refractivity contribution in [1.82, 2.24) is 0 Å². The highest BCUT2D eigenvalue weighted by atomic mass is 28.4. The van der Waals surface area contributed by atoms with Crippen LogP contribution in [-0.2, 0) is 8.85 Å². The van der Waals surface area contributed by atoms with Crippen LogP contribution in [0.5, 0.6) is 0 Å². The summed E-state index contributed by atoms with van der Waals surface area (Å²) in [4.78, 5) is 0. The van der Waals surface area contributed by atoms with Crippen LogP contribution in [-0.4, -0.2) is 37.3 Å². The third-order valence-corrected chi connectivity index (χ3v) is 10.7. The lowest BCUT2D eigenvalue weighted by Gasteiger charge is -2.50. The van der Waals surface area contributed by atoms with Crippen molar-refractivity contribution in [1.29, 1.82) is 0 Å². The van der Waals surface area contributed by atoms with Crippen molar-refractivity contribution in [3.63, 3.8) is 0 Å². The maximum Gasteiger partial charge on any atom is 0.216 e. The molecule has 0 N–H and O–H groups in total. The van der Waals surface area contributed by atoms with Crippen LogP contribution in [0.2, 0.25) is 32.7 Å². The molecule has 0 aromatic carbocycles. The Bertz CT molecular complexity index is 279. The SMILES string of the molecule is CCC(CC)(O[Si](C)(C)C)[Si](C)(C)O[C@](C)([SiH3])CC. The molecule has 0 unspecified atom stereocenters. The van der Waals surface area contributed by atoms with Gasteiger partial charge in [0, 0.05) is 15.5 Å². The van der Waals surface area contributed by atoms with Crippen molar-refractivity contribution in [2.24, 2.45) is 0 Å².